The van der Waals surface area contributed by atoms with Crippen LogP contribution in [-0.2, 0) is 14.3 Å². The van der Waals surface area contributed by atoms with Crippen LogP contribution in [0.25, 0.3) is 0 Å². The Kier molecular flexibility index (Phi) is 4.45. The van der Waals surface area contributed by atoms with Gasteiger partial charge in [-0.05, 0) is 25.2 Å². The van der Waals surface area contributed by atoms with E-state index in [2.05, 4.69) is 17.1 Å². The molecule has 6 nitrogen and oxygen atoms in total. The largest absolute Gasteiger partial charge is 0.368 e. The van der Waals surface area contributed by atoms with Crippen molar-refractivity contribution in [2.75, 3.05) is 39.3 Å². The molecule has 3 fully saturated rings. The molecule has 2 atom stereocenters. The van der Waals surface area contributed by atoms with Gasteiger partial charge in [0.05, 0.1) is 6.54 Å². The van der Waals surface area contributed by atoms with Gasteiger partial charge in [0.25, 0.3) is 5.91 Å². The van der Waals surface area contributed by atoms with Gasteiger partial charge >= 0.3 is 0 Å². The fourth-order valence-corrected chi connectivity index (χ4v) is 3.02. The van der Waals surface area contributed by atoms with Crippen LogP contribution < -0.4 is 5.32 Å². The molecule has 2 unspecified atom stereocenters. The van der Waals surface area contributed by atoms with Crippen molar-refractivity contribution in [2.45, 2.75) is 38.3 Å². The molecule has 21 heavy (non-hydrogen) atoms. The summed E-state index contributed by atoms with van der Waals surface area (Å²) in [6.45, 7) is 6.15. The lowest BCUT2D eigenvalue weighted by Crippen LogP contribution is -2.53. The molecule has 6 heteroatoms. The van der Waals surface area contributed by atoms with Gasteiger partial charge in [-0.1, -0.05) is 6.92 Å². The van der Waals surface area contributed by atoms with Crippen LogP contribution in [0.2, 0.25) is 0 Å². The molecule has 1 N–H and O–H groups in total. The molecule has 0 aromatic carbocycles. The summed E-state index contributed by atoms with van der Waals surface area (Å²) in [5, 5.41) is 3.00. The first-order valence-corrected chi connectivity index (χ1v) is 8.05. The molecular weight excluding hydrogens is 270 g/mol. The molecule has 0 spiro atoms. The highest BCUT2D eigenvalue weighted by Crippen LogP contribution is 2.22. The molecule has 3 aliphatic rings. The van der Waals surface area contributed by atoms with Gasteiger partial charge in [0.15, 0.2) is 0 Å². The van der Waals surface area contributed by atoms with Gasteiger partial charge in [0, 0.05) is 38.8 Å². The Morgan fingerprint density at radius 2 is 1.86 bits per heavy atom. The van der Waals surface area contributed by atoms with E-state index in [1.165, 1.54) is 0 Å². The summed E-state index contributed by atoms with van der Waals surface area (Å²) in [6, 6.07) is 0.418. The van der Waals surface area contributed by atoms with Crippen molar-refractivity contribution in [1.82, 2.24) is 15.1 Å². The molecule has 3 rings (SSSR count). The number of nitrogens with one attached hydrogen (secondary N) is 1. The molecule has 0 bridgehead atoms. The molecular formula is C15H25N3O3. The highest BCUT2D eigenvalue weighted by molar-refractivity contribution is 5.82. The van der Waals surface area contributed by atoms with E-state index in [0.29, 0.717) is 38.2 Å². The lowest BCUT2D eigenvalue weighted by Gasteiger charge is -2.35. The maximum atomic E-state index is 12.4. The highest BCUT2D eigenvalue weighted by atomic mass is 16.5. The van der Waals surface area contributed by atoms with Crippen molar-refractivity contribution in [1.29, 1.82) is 0 Å². The number of hydrogen-bond acceptors (Lipinski definition) is 4. The summed E-state index contributed by atoms with van der Waals surface area (Å²) in [5.41, 5.74) is 0. The highest BCUT2D eigenvalue weighted by Gasteiger charge is 2.35. The minimum atomic E-state index is -0.255. The maximum Gasteiger partial charge on any atom is 0.252 e. The van der Waals surface area contributed by atoms with Crippen LogP contribution in [0.5, 0.6) is 0 Å². The molecule has 0 aromatic rings. The number of nitrogens with zero attached hydrogens (tertiary/aromatic N) is 2. The molecule has 2 heterocycles. The second-order valence-corrected chi connectivity index (χ2v) is 6.50. The fraction of sp³-hybridized carbons (Fsp3) is 0.867. The quantitative estimate of drug-likeness (QED) is 0.782. The Morgan fingerprint density at radius 3 is 2.43 bits per heavy atom. The van der Waals surface area contributed by atoms with Gasteiger partial charge in [-0.25, -0.2) is 0 Å². The Hall–Kier alpha value is -1.14. The average molecular weight is 295 g/mol. The molecule has 1 aliphatic carbocycles. The van der Waals surface area contributed by atoms with E-state index < -0.39 is 0 Å². The summed E-state index contributed by atoms with van der Waals surface area (Å²) in [7, 11) is 0. The van der Waals surface area contributed by atoms with Crippen LogP contribution in [0.15, 0.2) is 0 Å². The summed E-state index contributed by atoms with van der Waals surface area (Å²) in [4.78, 5) is 28.2. The number of rotatable bonds is 4. The number of carbonyl (C=O) groups excluding carboxylic acids is 2. The van der Waals surface area contributed by atoms with Crippen molar-refractivity contribution in [3.63, 3.8) is 0 Å². The molecule has 2 amide bonds. The van der Waals surface area contributed by atoms with Crippen LogP contribution in [0.3, 0.4) is 0 Å². The smallest absolute Gasteiger partial charge is 0.252 e. The van der Waals surface area contributed by atoms with Gasteiger partial charge in [0.1, 0.15) is 6.10 Å². The molecule has 118 valence electrons. The zero-order chi connectivity index (χ0) is 14.8. The minimum Gasteiger partial charge on any atom is -0.368 e. The Labute approximate surface area is 125 Å². The van der Waals surface area contributed by atoms with E-state index in [1.54, 1.807) is 0 Å². The Bertz CT molecular complexity index is 403. The first-order valence-electron chi connectivity index (χ1n) is 8.05. The third kappa shape index (κ3) is 3.74. The number of carbonyl (C=O) groups is 2. The van der Waals surface area contributed by atoms with Crippen molar-refractivity contribution in [3.8, 4) is 0 Å². The summed E-state index contributed by atoms with van der Waals surface area (Å²) < 4.78 is 5.55. The third-order valence-electron chi connectivity index (χ3n) is 4.62. The predicted octanol–water partition coefficient (Wildman–Crippen LogP) is -0.166. The van der Waals surface area contributed by atoms with Crippen molar-refractivity contribution < 1.29 is 14.3 Å². The lowest BCUT2D eigenvalue weighted by molar-refractivity contribution is -0.144. The van der Waals surface area contributed by atoms with E-state index in [1.807, 2.05) is 4.90 Å². The fourth-order valence-electron chi connectivity index (χ4n) is 3.02. The monoisotopic (exact) mass is 295 g/mol. The predicted molar refractivity (Wildman–Crippen MR) is 77.7 cm³/mol. The van der Waals surface area contributed by atoms with Gasteiger partial charge in [0.2, 0.25) is 5.91 Å². The zero-order valence-electron chi connectivity index (χ0n) is 12.7. The van der Waals surface area contributed by atoms with Crippen molar-refractivity contribution in [2.24, 2.45) is 5.92 Å². The molecule has 0 radical (unpaired) electrons. The molecule has 2 aliphatic heterocycles. The molecule has 2 saturated heterocycles. The van der Waals surface area contributed by atoms with E-state index in [9.17, 15) is 9.59 Å². The van der Waals surface area contributed by atoms with Gasteiger partial charge in [-0.15, -0.1) is 0 Å². The van der Waals surface area contributed by atoms with Crippen LogP contribution in [0.4, 0.5) is 0 Å². The first kappa shape index (κ1) is 14.8. The number of ether oxygens (including phenoxy) is 1. The van der Waals surface area contributed by atoms with Crippen molar-refractivity contribution in [3.05, 3.63) is 0 Å². The molecule has 1 saturated carbocycles. The normalized spacial score (nSPS) is 30.4. The van der Waals surface area contributed by atoms with Gasteiger partial charge in [-0.2, -0.15) is 0 Å². The first-order chi connectivity index (χ1) is 10.1. The van der Waals surface area contributed by atoms with Crippen LogP contribution >= 0.6 is 0 Å². The third-order valence-corrected chi connectivity index (χ3v) is 4.62. The van der Waals surface area contributed by atoms with Crippen LogP contribution in [-0.4, -0.2) is 73.1 Å². The van der Waals surface area contributed by atoms with E-state index >= 15 is 0 Å². The van der Waals surface area contributed by atoms with Crippen LogP contribution in [0.1, 0.15) is 26.2 Å². The van der Waals surface area contributed by atoms with Crippen LogP contribution in [0, 0.1) is 5.92 Å². The number of amides is 2. The van der Waals surface area contributed by atoms with Gasteiger partial charge < -0.3 is 15.0 Å². The topological polar surface area (TPSA) is 61.9 Å². The Balaban J connectivity index is 1.41. The van der Waals surface area contributed by atoms with E-state index in [0.717, 1.165) is 32.4 Å². The minimum absolute atomic E-state index is 0.116. The maximum absolute atomic E-state index is 12.4. The van der Waals surface area contributed by atoms with E-state index in [4.69, 9.17) is 4.74 Å². The van der Waals surface area contributed by atoms with Crippen molar-refractivity contribution >= 4 is 11.8 Å². The standard InChI is InChI=1S/C15H25N3O3/c1-11-4-9-21-14(11)15(20)18-7-5-17(6-8-18)10-13(19)16-12-2-3-12/h11-12,14H,2-10H2,1H3,(H,16,19). The zero-order valence-corrected chi connectivity index (χ0v) is 12.7. The van der Waals surface area contributed by atoms with Gasteiger partial charge in [-0.3, -0.25) is 14.5 Å². The number of hydrogen-bond donors (Lipinski definition) is 1. The summed E-state index contributed by atoms with van der Waals surface area (Å²) >= 11 is 0. The average Bonchev–Trinajstić information content (AvgIpc) is 3.17. The SMILES string of the molecule is CC1CCOC1C(=O)N1CCN(CC(=O)NC2CC2)CC1. The lowest BCUT2D eigenvalue weighted by atomic mass is 10.0. The number of piperazine rings is 1. The van der Waals surface area contributed by atoms with E-state index in [-0.39, 0.29) is 17.9 Å². The Morgan fingerprint density at radius 1 is 1.14 bits per heavy atom. The summed E-state index contributed by atoms with van der Waals surface area (Å²) in [5.74, 6) is 0.562. The second kappa shape index (κ2) is 6.32. The second-order valence-electron chi connectivity index (χ2n) is 6.50. The summed E-state index contributed by atoms with van der Waals surface area (Å²) in [6.07, 6.45) is 2.95. The molecule has 0 aromatic heterocycles.